The summed E-state index contributed by atoms with van der Waals surface area (Å²) in [5.74, 6) is 0. The number of aliphatic hydroxyl groups is 3. The van der Waals surface area contributed by atoms with Crippen molar-refractivity contribution in [3.05, 3.63) is 0 Å². The van der Waals surface area contributed by atoms with Crippen LogP contribution in [-0.4, -0.2) is 74.4 Å². The number of aliphatic hydroxyl groups excluding tert-OH is 3. The second-order valence-electron chi connectivity index (χ2n) is 7.36. The third-order valence-corrected chi connectivity index (χ3v) is 4.57. The molecule has 0 radical (unpaired) electrons. The summed E-state index contributed by atoms with van der Waals surface area (Å²) in [6.07, 6.45) is 17.4. The van der Waals surface area contributed by atoms with Crippen molar-refractivity contribution in [2.24, 2.45) is 17.2 Å². The standard InChI is InChI=1S/C16H34O4S.3C2H7NO/c1-2-3-4-5-6-7-8-9-10-11-12-13-14-15-16-20-21(17,18)19;3*3-1-2-4/h2-16H2,1H3,(H,17,18,19);3*4H,1-3H2/p-1. The van der Waals surface area contributed by atoms with Gasteiger partial charge in [-0.2, -0.15) is 0 Å². The van der Waals surface area contributed by atoms with E-state index in [9.17, 15) is 13.0 Å². The van der Waals surface area contributed by atoms with Gasteiger partial charge in [0, 0.05) is 19.6 Å². The lowest BCUT2D eigenvalue weighted by molar-refractivity contribution is 0.255. The summed E-state index contributed by atoms with van der Waals surface area (Å²) in [6.45, 7) is 3.70. The molecular formula is C22H54N3O7S-. The molecule has 0 aliphatic carbocycles. The largest absolute Gasteiger partial charge is 0.726 e. The van der Waals surface area contributed by atoms with Gasteiger partial charge >= 0.3 is 0 Å². The Morgan fingerprint density at radius 2 is 0.848 bits per heavy atom. The summed E-state index contributed by atoms with van der Waals surface area (Å²) in [5.41, 5.74) is 14.3. The smallest absolute Gasteiger partial charge is 0.217 e. The van der Waals surface area contributed by atoms with Crippen molar-refractivity contribution >= 4 is 10.4 Å². The fourth-order valence-electron chi connectivity index (χ4n) is 2.46. The van der Waals surface area contributed by atoms with Crippen LogP contribution in [0.5, 0.6) is 0 Å². The first-order valence-electron chi connectivity index (χ1n) is 12.3. The van der Waals surface area contributed by atoms with E-state index in [1.54, 1.807) is 0 Å². The Hall–Kier alpha value is -0.370. The summed E-state index contributed by atoms with van der Waals surface area (Å²) in [5, 5.41) is 23.2. The average molecular weight is 505 g/mol. The van der Waals surface area contributed by atoms with Crippen LogP contribution in [0, 0.1) is 0 Å². The van der Waals surface area contributed by atoms with Gasteiger partial charge in [-0.05, 0) is 6.42 Å². The van der Waals surface area contributed by atoms with Gasteiger partial charge in [0.05, 0.1) is 26.4 Å². The van der Waals surface area contributed by atoms with E-state index in [0.29, 0.717) is 26.1 Å². The second kappa shape index (κ2) is 38.9. The van der Waals surface area contributed by atoms with E-state index in [1.807, 2.05) is 0 Å². The highest BCUT2D eigenvalue weighted by Gasteiger charge is 1.96. The topological polar surface area (TPSA) is 205 Å². The van der Waals surface area contributed by atoms with Crippen molar-refractivity contribution in [3.8, 4) is 0 Å². The van der Waals surface area contributed by atoms with E-state index in [4.69, 9.17) is 32.5 Å². The molecule has 0 amide bonds. The van der Waals surface area contributed by atoms with Gasteiger partial charge in [0.25, 0.3) is 0 Å². The van der Waals surface area contributed by atoms with Crippen LogP contribution in [0.2, 0.25) is 0 Å². The van der Waals surface area contributed by atoms with Crippen LogP contribution in [0.3, 0.4) is 0 Å². The maximum absolute atomic E-state index is 10.2. The molecule has 0 heterocycles. The Bertz CT molecular complexity index is 388. The molecule has 10 nitrogen and oxygen atoms in total. The molecule has 0 bridgehead atoms. The summed E-state index contributed by atoms with van der Waals surface area (Å²) in [7, 11) is -4.49. The summed E-state index contributed by atoms with van der Waals surface area (Å²) >= 11 is 0. The van der Waals surface area contributed by atoms with Crippen molar-refractivity contribution in [2.75, 3.05) is 46.1 Å². The normalized spacial score (nSPS) is 10.3. The van der Waals surface area contributed by atoms with Crippen LogP contribution < -0.4 is 17.2 Å². The van der Waals surface area contributed by atoms with E-state index >= 15 is 0 Å². The van der Waals surface area contributed by atoms with Crippen molar-refractivity contribution < 1.29 is 32.5 Å². The summed E-state index contributed by atoms with van der Waals surface area (Å²) in [6, 6.07) is 0. The maximum Gasteiger partial charge on any atom is 0.217 e. The van der Waals surface area contributed by atoms with Gasteiger partial charge in [0.2, 0.25) is 10.4 Å². The second-order valence-corrected chi connectivity index (χ2v) is 8.42. The SMILES string of the molecule is CCCCCCCCCCCCCCCCOS(=O)(=O)[O-].NCCO.NCCO.NCCO. The molecule has 0 aromatic rings. The van der Waals surface area contributed by atoms with Gasteiger partial charge in [-0.3, -0.25) is 4.18 Å². The number of unbranched alkanes of at least 4 members (excludes halogenated alkanes) is 13. The van der Waals surface area contributed by atoms with Crippen molar-refractivity contribution in [3.63, 3.8) is 0 Å². The van der Waals surface area contributed by atoms with Crippen LogP contribution in [0.1, 0.15) is 96.8 Å². The molecule has 0 rings (SSSR count). The Morgan fingerprint density at radius 1 is 0.606 bits per heavy atom. The number of hydrogen-bond acceptors (Lipinski definition) is 10. The third-order valence-electron chi connectivity index (χ3n) is 4.11. The Morgan fingerprint density at radius 3 is 1.06 bits per heavy atom. The number of nitrogens with two attached hydrogens (primary N) is 3. The lowest BCUT2D eigenvalue weighted by Gasteiger charge is -2.07. The molecule has 11 heteroatoms. The zero-order valence-electron chi connectivity index (χ0n) is 21.0. The highest BCUT2D eigenvalue weighted by Crippen LogP contribution is 2.12. The quantitative estimate of drug-likeness (QED) is 0.0853. The van der Waals surface area contributed by atoms with Gasteiger partial charge in [-0.15, -0.1) is 0 Å². The van der Waals surface area contributed by atoms with Crippen LogP contribution >= 0.6 is 0 Å². The number of rotatable bonds is 19. The fraction of sp³-hybridized carbons (Fsp3) is 1.00. The molecule has 0 atom stereocenters. The van der Waals surface area contributed by atoms with Crippen molar-refractivity contribution in [1.29, 1.82) is 0 Å². The zero-order chi connectivity index (χ0) is 26.1. The van der Waals surface area contributed by atoms with Crippen molar-refractivity contribution in [1.82, 2.24) is 0 Å². The molecule has 0 aliphatic heterocycles. The van der Waals surface area contributed by atoms with E-state index < -0.39 is 10.4 Å². The Balaban J connectivity index is -0.000000287. The Kier molecular flexibility index (Phi) is 46.9. The molecule has 0 spiro atoms. The third kappa shape index (κ3) is 65.2. The van der Waals surface area contributed by atoms with E-state index in [2.05, 4.69) is 11.1 Å². The average Bonchev–Trinajstić information content (AvgIpc) is 2.81. The van der Waals surface area contributed by atoms with Gasteiger partial charge in [-0.25, -0.2) is 8.42 Å². The highest BCUT2D eigenvalue weighted by atomic mass is 32.3. The van der Waals surface area contributed by atoms with Crippen LogP contribution in [0.4, 0.5) is 0 Å². The summed E-state index contributed by atoms with van der Waals surface area (Å²) in [4.78, 5) is 0. The molecule has 206 valence electrons. The van der Waals surface area contributed by atoms with Crippen molar-refractivity contribution in [2.45, 2.75) is 96.8 Å². The van der Waals surface area contributed by atoms with E-state index in [0.717, 1.165) is 12.8 Å². The van der Waals surface area contributed by atoms with Gasteiger partial charge in [-0.1, -0.05) is 90.4 Å². The van der Waals surface area contributed by atoms with Gasteiger partial charge < -0.3 is 37.1 Å². The fourth-order valence-corrected chi connectivity index (χ4v) is 2.78. The van der Waals surface area contributed by atoms with Gasteiger partial charge in [0.1, 0.15) is 0 Å². The van der Waals surface area contributed by atoms with E-state index in [1.165, 1.54) is 70.6 Å². The van der Waals surface area contributed by atoms with Crippen LogP contribution in [0.25, 0.3) is 0 Å². The minimum atomic E-state index is -4.49. The predicted molar refractivity (Wildman–Crippen MR) is 134 cm³/mol. The lowest BCUT2D eigenvalue weighted by atomic mass is 10.0. The first-order valence-corrected chi connectivity index (χ1v) is 13.7. The molecular weight excluding hydrogens is 450 g/mol. The molecule has 0 unspecified atom stereocenters. The molecule has 0 saturated carbocycles. The minimum Gasteiger partial charge on any atom is -0.726 e. The highest BCUT2D eigenvalue weighted by molar-refractivity contribution is 7.80. The monoisotopic (exact) mass is 504 g/mol. The molecule has 0 aliphatic rings. The molecule has 0 saturated heterocycles. The summed E-state index contributed by atoms with van der Waals surface area (Å²) < 4.78 is 34.7. The molecule has 0 aromatic heterocycles. The molecule has 9 N–H and O–H groups in total. The van der Waals surface area contributed by atoms with Gasteiger partial charge in [0.15, 0.2) is 0 Å². The lowest BCUT2D eigenvalue weighted by Crippen LogP contribution is -2.05. The molecule has 0 fully saturated rings. The Labute approximate surface area is 203 Å². The predicted octanol–water partition coefficient (Wildman–Crippen LogP) is 1.76. The zero-order valence-corrected chi connectivity index (χ0v) is 21.8. The van der Waals surface area contributed by atoms with Crippen LogP contribution in [0.15, 0.2) is 0 Å². The molecule has 33 heavy (non-hydrogen) atoms. The number of hydrogen-bond donors (Lipinski definition) is 6. The maximum atomic E-state index is 10.2. The first-order chi connectivity index (χ1) is 15.8. The van der Waals surface area contributed by atoms with E-state index in [-0.39, 0.29) is 26.4 Å². The van der Waals surface area contributed by atoms with Crippen LogP contribution in [-0.2, 0) is 14.6 Å². The first kappa shape index (κ1) is 39.8. The molecule has 0 aromatic carbocycles. The minimum absolute atomic E-state index is 0.0316.